The Bertz CT molecular complexity index is 445. The zero-order valence-electron chi connectivity index (χ0n) is 5.30. The molecular weight excluding hydrogens is 244 g/mol. The summed E-state index contributed by atoms with van der Waals surface area (Å²) in [6.45, 7) is 0. The minimum atomic E-state index is 0.769. The highest BCUT2D eigenvalue weighted by Gasteiger charge is 1.97. The van der Waals surface area contributed by atoms with Crippen LogP contribution in [0.4, 0.5) is 0 Å². The maximum absolute atomic E-state index is 4.96. The second-order valence-electron chi connectivity index (χ2n) is 2.01. The van der Waals surface area contributed by atoms with Gasteiger partial charge in [0.25, 0.3) is 0 Å². The van der Waals surface area contributed by atoms with Crippen molar-refractivity contribution in [1.82, 2.24) is 9.97 Å². The number of nitrogens with one attached hydrogen (secondary N) is 1. The maximum Gasteiger partial charge on any atom is 0.160 e. The molecule has 5 heteroatoms. The van der Waals surface area contributed by atoms with Gasteiger partial charge in [-0.05, 0) is 34.2 Å². The molecule has 0 bridgehead atoms. The van der Waals surface area contributed by atoms with Crippen LogP contribution in [0.2, 0.25) is 0 Å². The lowest BCUT2D eigenvalue weighted by Gasteiger charge is -1.86. The highest BCUT2D eigenvalue weighted by molar-refractivity contribution is 9.10. The van der Waals surface area contributed by atoms with E-state index >= 15 is 0 Å². The SMILES string of the molecule is S=c1[nH]c2ncc(Br)cc2s1. The molecule has 0 aliphatic carbocycles. The third-order valence-electron chi connectivity index (χ3n) is 1.24. The van der Waals surface area contributed by atoms with E-state index in [1.807, 2.05) is 6.07 Å². The van der Waals surface area contributed by atoms with E-state index in [1.54, 1.807) is 6.20 Å². The topological polar surface area (TPSA) is 28.7 Å². The van der Waals surface area contributed by atoms with Gasteiger partial charge in [0.2, 0.25) is 0 Å². The van der Waals surface area contributed by atoms with Crippen LogP contribution in [-0.2, 0) is 0 Å². The molecule has 0 aliphatic heterocycles. The van der Waals surface area contributed by atoms with Crippen molar-refractivity contribution >= 4 is 49.8 Å². The molecule has 0 saturated carbocycles. The molecule has 0 aromatic carbocycles. The van der Waals surface area contributed by atoms with Gasteiger partial charge in [0, 0.05) is 10.7 Å². The van der Waals surface area contributed by atoms with Gasteiger partial charge >= 0.3 is 0 Å². The Kier molecular flexibility index (Phi) is 1.78. The number of hydrogen-bond acceptors (Lipinski definition) is 3. The number of aromatic amines is 1. The van der Waals surface area contributed by atoms with Crippen molar-refractivity contribution in [3.63, 3.8) is 0 Å². The number of H-pyrrole nitrogens is 1. The summed E-state index contributed by atoms with van der Waals surface area (Å²) in [5, 5.41) is 0. The predicted octanol–water partition coefficient (Wildman–Crippen LogP) is 3.12. The highest BCUT2D eigenvalue weighted by atomic mass is 79.9. The van der Waals surface area contributed by atoms with Crippen LogP contribution in [0, 0.1) is 3.95 Å². The summed E-state index contributed by atoms with van der Waals surface area (Å²) in [5.41, 5.74) is 0.864. The fraction of sp³-hybridized carbons (Fsp3) is 0. The summed E-state index contributed by atoms with van der Waals surface area (Å²) in [4.78, 5) is 7.13. The molecule has 0 saturated heterocycles. The molecule has 0 unspecified atom stereocenters. The lowest BCUT2D eigenvalue weighted by atomic mass is 10.5. The number of nitrogens with zero attached hydrogens (tertiary/aromatic N) is 1. The summed E-state index contributed by atoms with van der Waals surface area (Å²) in [7, 11) is 0. The van der Waals surface area contributed by atoms with Gasteiger partial charge in [0.15, 0.2) is 3.95 Å². The van der Waals surface area contributed by atoms with Crippen molar-refractivity contribution in [2.75, 3.05) is 0 Å². The second kappa shape index (κ2) is 2.66. The minimum Gasteiger partial charge on any atom is -0.322 e. The number of rotatable bonds is 0. The first-order valence-corrected chi connectivity index (χ1v) is 4.92. The van der Waals surface area contributed by atoms with Crippen LogP contribution in [0.5, 0.6) is 0 Å². The molecule has 0 amide bonds. The van der Waals surface area contributed by atoms with E-state index in [1.165, 1.54) is 11.3 Å². The number of hydrogen-bond donors (Lipinski definition) is 1. The zero-order valence-corrected chi connectivity index (χ0v) is 8.52. The lowest BCUT2D eigenvalue weighted by molar-refractivity contribution is 1.31. The molecular formula is C6H3BrN2S2. The Morgan fingerprint density at radius 1 is 1.64 bits per heavy atom. The minimum absolute atomic E-state index is 0.769. The van der Waals surface area contributed by atoms with Crippen molar-refractivity contribution in [3.05, 3.63) is 20.7 Å². The fourth-order valence-corrected chi connectivity index (χ4v) is 2.40. The van der Waals surface area contributed by atoms with Crippen LogP contribution in [0.25, 0.3) is 10.3 Å². The standard InChI is InChI=1S/C6H3BrN2S2/c7-3-1-4-5(8-2-3)9-6(10)11-4/h1-2H,(H,8,9,10). The predicted molar refractivity (Wildman–Crippen MR) is 52.5 cm³/mol. The zero-order chi connectivity index (χ0) is 7.84. The smallest absolute Gasteiger partial charge is 0.160 e. The average molecular weight is 247 g/mol. The van der Waals surface area contributed by atoms with Crippen LogP contribution in [0.15, 0.2) is 16.7 Å². The molecule has 2 heterocycles. The largest absolute Gasteiger partial charge is 0.322 e. The second-order valence-corrected chi connectivity index (χ2v) is 4.65. The number of thiazole rings is 1. The molecule has 2 aromatic heterocycles. The van der Waals surface area contributed by atoms with E-state index in [9.17, 15) is 0 Å². The van der Waals surface area contributed by atoms with Crippen molar-refractivity contribution in [3.8, 4) is 0 Å². The molecule has 2 aromatic rings. The van der Waals surface area contributed by atoms with E-state index in [-0.39, 0.29) is 0 Å². The van der Waals surface area contributed by atoms with Crippen molar-refractivity contribution in [2.45, 2.75) is 0 Å². The average Bonchev–Trinajstić information content (AvgIpc) is 2.27. The first-order chi connectivity index (χ1) is 5.25. The van der Waals surface area contributed by atoms with Gasteiger partial charge in [-0.3, -0.25) is 0 Å². The van der Waals surface area contributed by atoms with Crippen molar-refractivity contribution < 1.29 is 0 Å². The molecule has 0 atom stereocenters. The maximum atomic E-state index is 4.96. The van der Waals surface area contributed by atoms with Crippen LogP contribution in [0.3, 0.4) is 0 Å². The number of pyridine rings is 1. The highest BCUT2D eigenvalue weighted by Crippen LogP contribution is 2.20. The normalized spacial score (nSPS) is 10.6. The third-order valence-corrected chi connectivity index (χ3v) is 2.85. The Balaban J connectivity index is 2.92. The molecule has 2 rings (SSSR count). The molecule has 11 heavy (non-hydrogen) atoms. The quantitative estimate of drug-likeness (QED) is 0.724. The summed E-state index contributed by atoms with van der Waals surface area (Å²) >= 11 is 9.83. The number of fused-ring (bicyclic) bond motifs is 1. The van der Waals surface area contributed by atoms with Gasteiger partial charge in [0.05, 0.1) is 4.70 Å². The number of halogens is 1. The first kappa shape index (κ1) is 7.39. The van der Waals surface area contributed by atoms with E-state index in [0.29, 0.717) is 0 Å². The van der Waals surface area contributed by atoms with E-state index in [0.717, 1.165) is 18.8 Å². The third kappa shape index (κ3) is 1.36. The van der Waals surface area contributed by atoms with E-state index in [2.05, 4.69) is 25.9 Å². The summed E-state index contributed by atoms with van der Waals surface area (Å²) in [5.74, 6) is 0. The van der Waals surface area contributed by atoms with Gasteiger partial charge in [-0.25, -0.2) is 4.98 Å². The Morgan fingerprint density at radius 2 is 2.45 bits per heavy atom. The van der Waals surface area contributed by atoms with Gasteiger partial charge in [0.1, 0.15) is 5.65 Å². The molecule has 1 N–H and O–H groups in total. The van der Waals surface area contributed by atoms with Gasteiger partial charge in [-0.15, -0.1) is 11.3 Å². The van der Waals surface area contributed by atoms with Crippen LogP contribution in [0.1, 0.15) is 0 Å². The first-order valence-electron chi connectivity index (χ1n) is 2.90. The van der Waals surface area contributed by atoms with Crippen LogP contribution < -0.4 is 0 Å². The van der Waals surface area contributed by atoms with Crippen LogP contribution in [-0.4, -0.2) is 9.97 Å². The van der Waals surface area contributed by atoms with E-state index < -0.39 is 0 Å². The Hall–Kier alpha value is -0.260. The number of aromatic nitrogens is 2. The molecule has 2 nitrogen and oxygen atoms in total. The molecule has 56 valence electrons. The van der Waals surface area contributed by atoms with E-state index in [4.69, 9.17) is 12.2 Å². The Morgan fingerprint density at radius 3 is 3.27 bits per heavy atom. The van der Waals surface area contributed by atoms with Gasteiger partial charge in [-0.1, -0.05) is 0 Å². The lowest BCUT2D eigenvalue weighted by Crippen LogP contribution is -1.73. The summed E-state index contributed by atoms with van der Waals surface area (Å²) in [6, 6.07) is 2.00. The Labute approximate surface area is 80.4 Å². The molecule has 0 spiro atoms. The summed E-state index contributed by atoms with van der Waals surface area (Å²) in [6.07, 6.45) is 1.75. The van der Waals surface area contributed by atoms with Gasteiger partial charge in [-0.2, -0.15) is 0 Å². The van der Waals surface area contributed by atoms with Gasteiger partial charge < -0.3 is 4.98 Å². The van der Waals surface area contributed by atoms with Crippen molar-refractivity contribution in [2.24, 2.45) is 0 Å². The fourth-order valence-electron chi connectivity index (χ4n) is 0.814. The molecule has 0 radical (unpaired) electrons. The monoisotopic (exact) mass is 246 g/mol. The van der Waals surface area contributed by atoms with Crippen molar-refractivity contribution in [1.29, 1.82) is 0 Å². The molecule has 0 aliphatic rings. The summed E-state index contributed by atoms with van der Waals surface area (Å²) < 4.78 is 2.84. The van der Waals surface area contributed by atoms with Crippen LogP contribution >= 0.6 is 39.5 Å². The molecule has 0 fully saturated rings.